The van der Waals surface area contributed by atoms with Crippen molar-refractivity contribution >= 4 is 34.1 Å². The lowest BCUT2D eigenvalue weighted by atomic mass is 10.0. The molecule has 0 saturated carbocycles. The molecule has 0 aliphatic rings. The Morgan fingerprint density at radius 1 is 1.27 bits per heavy atom. The Kier molecular flexibility index (Phi) is 9.42. The van der Waals surface area contributed by atoms with Crippen molar-refractivity contribution in [2.75, 3.05) is 13.2 Å². The largest absolute Gasteiger partial charge is 0.480 e. The van der Waals surface area contributed by atoms with E-state index in [1.54, 1.807) is 19.1 Å². The van der Waals surface area contributed by atoms with E-state index in [1.165, 1.54) is 6.21 Å². The number of hydrogen-bond donors (Lipinski definition) is 2. The van der Waals surface area contributed by atoms with Crippen LogP contribution in [0.3, 0.4) is 0 Å². The average Bonchev–Trinajstić information content (AvgIpc) is 2.73. The minimum atomic E-state index is -0.591. The van der Waals surface area contributed by atoms with Crippen LogP contribution in [-0.4, -0.2) is 31.4 Å². The average molecular weight is 472 g/mol. The van der Waals surface area contributed by atoms with Gasteiger partial charge in [-0.2, -0.15) is 5.10 Å². The molecule has 0 fully saturated rings. The maximum absolute atomic E-state index is 12.4. The summed E-state index contributed by atoms with van der Waals surface area (Å²) < 4.78 is 11.2. The first kappa shape index (κ1) is 23.0. The summed E-state index contributed by atoms with van der Waals surface area (Å²) in [5, 5.41) is 6.69. The number of hydrogen-bond acceptors (Lipinski definition) is 5. The van der Waals surface area contributed by atoms with Crippen molar-refractivity contribution in [3.8, 4) is 18.1 Å². The molecule has 1 atom stereocenters. The number of halogens is 1. The quantitative estimate of drug-likeness (QED) is 0.330. The Morgan fingerprint density at radius 2 is 2.03 bits per heavy atom. The van der Waals surface area contributed by atoms with Crippen LogP contribution in [-0.2, 0) is 9.53 Å². The van der Waals surface area contributed by atoms with E-state index >= 15 is 0 Å². The lowest BCUT2D eigenvalue weighted by Crippen LogP contribution is -2.33. The van der Waals surface area contributed by atoms with E-state index in [-0.39, 0.29) is 25.5 Å². The molecule has 0 aliphatic heterocycles. The summed E-state index contributed by atoms with van der Waals surface area (Å²) in [7, 11) is 0. The van der Waals surface area contributed by atoms with Crippen molar-refractivity contribution in [2.24, 2.45) is 5.10 Å². The molecule has 0 heterocycles. The highest BCUT2D eigenvalue weighted by Crippen LogP contribution is 2.22. The maximum atomic E-state index is 12.4. The van der Waals surface area contributed by atoms with E-state index in [2.05, 4.69) is 37.7 Å². The van der Waals surface area contributed by atoms with Crippen molar-refractivity contribution in [3.05, 3.63) is 64.1 Å². The molecule has 2 rings (SSSR count). The lowest BCUT2D eigenvalue weighted by molar-refractivity contribution is -0.121. The number of alkyl carbamates (subject to hydrolysis) is 1. The first-order valence-corrected chi connectivity index (χ1v) is 9.98. The fraction of sp³-hybridized carbons (Fsp3) is 0.227. The Labute approximate surface area is 184 Å². The summed E-state index contributed by atoms with van der Waals surface area (Å²) in [6.07, 6.45) is 6.09. The van der Waals surface area contributed by atoms with Crippen LogP contribution in [0.15, 0.2) is 58.1 Å². The highest BCUT2D eigenvalue weighted by Gasteiger charge is 2.18. The number of ether oxygens (including phenoxy) is 2. The van der Waals surface area contributed by atoms with Crippen LogP contribution in [0.2, 0.25) is 0 Å². The normalized spacial score (nSPS) is 11.4. The maximum Gasteiger partial charge on any atom is 0.407 e. The highest BCUT2D eigenvalue weighted by atomic mass is 79.9. The van der Waals surface area contributed by atoms with Crippen LogP contribution in [0.25, 0.3) is 0 Å². The van der Waals surface area contributed by atoms with Gasteiger partial charge in [-0.05, 0) is 30.7 Å². The van der Waals surface area contributed by atoms with Gasteiger partial charge in [-0.1, -0.05) is 52.2 Å². The van der Waals surface area contributed by atoms with Crippen LogP contribution < -0.4 is 15.5 Å². The number of carbonyl (C=O) groups is 2. The number of hydrazone groups is 1. The van der Waals surface area contributed by atoms with Gasteiger partial charge in [0, 0.05) is 10.0 Å². The van der Waals surface area contributed by atoms with Crippen molar-refractivity contribution in [2.45, 2.75) is 19.4 Å². The molecule has 0 saturated heterocycles. The molecule has 0 unspecified atom stereocenters. The molecule has 2 aromatic rings. The predicted molar refractivity (Wildman–Crippen MR) is 118 cm³/mol. The summed E-state index contributed by atoms with van der Waals surface area (Å²) in [5.74, 6) is 2.57. The van der Waals surface area contributed by atoms with Gasteiger partial charge >= 0.3 is 6.09 Å². The summed E-state index contributed by atoms with van der Waals surface area (Å²) in [4.78, 5) is 24.2. The molecule has 156 valence electrons. The van der Waals surface area contributed by atoms with Gasteiger partial charge < -0.3 is 14.8 Å². The predicted octanol–water partition coefficient (Wildman–Crippen LogP) is 3.79. The number of rotatable bonds is 9. The van der Waals surface area contributed by atoms with E-state index in [1.807, 2.05) is 36.4 Å². The fourth-order valence-corrected chi connectivity index (χ4v) is 2.91. The van der Waals surface area contributed by atoms with Crippen molar-refractivity contribution < 1.29 is 19.1 Å². The molecule has 0 aliphatic carbocycles. The van der Waals surface area contributed by atoms with E-state index in [9.17, 15) is 9.59 Å². The number of carbonyl (C=O) groups excluding carboxylic acids is 2. The Morgan fingerprint density at radius 3 is 2.73 bits per heavy atom. The highest BCUT2D eigenvalue weighted by molar-refractivity contribution is 9.10. The van der Waals surface area contributed by atoms with Gasteiger partial charge in [0.05, 0.1) is 25.3 Å². The fourth-order valence-electron chi connectivity index (χ4n) is 2.53. The van der Waals surface area contributed by atoms with Gasteiger partial charge in [-0.15, -0.1) is 6.42 Å². The zero-order valence-electron chi connectivity index (χ0n) is 16.4. The molecule has 0 bridgehead atoms. The second-order valence-corrected chi connectivity index (χ2v) is 6.92. The zero-order valence-corrected chi connectivity index (χ0v) is 18.0. The van der Waals surface area contributed by atoms with Crippen LogP contribution in [0.4, 0.5) is 4.79 Å². The standard InChI is InChI=1S/C22H22BrN3O4/c1-3-12-30-20-11-10-18(23)13-17(20)15-24-26-21(27)14-19(25-22(28)29-4-2)16-8-6-5-7-9-16/h1,5-11,13,15,19H,4,12,14H2,2H3,(H,25,28)(H,26,27)/b24-15-/t19-/m1/s1. The van der Waals surface area contributed by atoms with E-state index in [0.717, 1.165) is 10.0 Å². The van der Waals surface area contributed by atoms with E-state index in [0.29, 0.717) is 11.3 Å². The molecule has 2 aromatic carbocycles. The number of amides is 2. The van der Waals surface area contributed by atoms with Gasteiger partial charge in [0.15, 0.2) is 0 Å². The Hall–Kier alpha value is -3.31. The van der Waals surface area contributed by atoms with Gasteiger partial charge in [0.2, 0.25) is 5.91 Å². The molecule has 7 nitrogen and oxygen atoms in total. The topological polar surface area (TPSA) is 89.0 Å². The molecular weight excluding hydrogens is 450 g/mol. The van der Waals surface area contributed by atoms with Gasteiger partial charge in [0.25, 0.3) is 0 Å². The summed E-state index contributed by atoms with van der Waals surface area (Å²) in [6.45, 7) is 2.07. The summed E-state index contributed by atoms with van der Waals surface area (Å²) in [6, 6.07) is 14.0. The smallest absolute Gasteiger partial charge is 0.407 e. The van der Waals surface area contributed by atoms with Crippen molar-refractivity contribution in [3.63, 3.8) is 0 Å². The molecule has 0 aromatic heterocycles. The van der Waals surface area contributed by atoms with Crippen LogP contribution in [0.1, 0.15) is 30.5 Å². The van der Waals surface area contributed by atoms with Crippen molar-refractivity contribution in [1.82, 2.24) is 10.7 Å². The third kappa shape index (κ3) is 7.60. The summed E-state index contributed by atoms with van der Waals surface area (Å²) in [5.41, 5.74) is 3.89. The van der Waals surface area contributed by atoms with Gasteiger partial charge in [0.1, 0.15) is 12.4 Å². The van der Waals surface area contributed by atoms with Crippen LogP contribution in [0, 0.1) is 12.3 Å². The first-order valence-electron chi connectivity index (χ1n) is 9.19. The third-order valence-corrected chi connectivity index (χ3v) is 4.33. The molecule has 30 heavy (non-hydrogen) atoms. The molecule has 2 amide bonds. The molecular formula is C22H22BrN3O4. The molecule has 0 spiro atoms. The van der Waals surface area contributed by atoms with E-state index < -0.39 is 12.1 Å². The van der Waals surface area contributed by atoms with Crippen molar-refractivity contribution in [1.29, 1.82) is 0 Å². The van der Waals surface area contributed by atoms with Crippen LogP contribution in [0.5, 0.6) is 5.75 Å². The number of nitrogens with zero attached hydrogens (tertiary/aromatic N) is 1. The first-order chi connectivity index (χ1) is 14.5. The zero-order chi connectivity index (χ0) is 21.8. The van der Waals surface area contributed by atoms with Crippen LogP contribution >= 0.6 is 15.9 Å². The summed E-state index contributed by atoms with van der Waals surface area (Å²) >= 11 is 3.38. The Bertz CT molecular complexity index is 926. The number of benzene rings is 2. The Balaban J connectivity index is 2.04. The SMILES string of the molecule is C#CCOc1ccc(Br)cc1/C=N\NC(=O)C[C@@H](NC(=O)OCC)c1ccccc1. The third-order valence-electron chi connectivity index (χ3n) is 3.83. The number of terminal acetylenes is 1. The lowest BCUT2D eigenvalue weighted by Gasteiger charge is -2.18. The molecule has 8 heteroatoms. The second-order valence-electron chi connectivity index (χ2n) is 6.00. The van der Waals surface area contributed by atoms with Gasteiger partial charge in [-0.3, -0.25) is 4.79 Å². The molecule has 2 N–H and O–H groups in total. The monoisotopic (exact) mass is 471 g/mol. The number of nitrogens with one attached hydrogen (secondary N) is 2. The minimum Gasteiger partial charge on any atom is -0.480 e. The minimum absolute atomic E-state index is 0.0148. The second kappa shape index (κ2) is 12.3. The molecule has 0 radical (unpaired) electrons. The van der Waals surface area contributed by atoms with Gasteiger partial charge in [-0.25, -0.2) is 10.2 Å². The van der Waals surface area contributed by atoms with E-state index in [4.69, 9.17) is 15.9 Å².